The van der Waals surface area contributed by atoms with Crippen molar-refractivity contribution in [1.82, 2.24) is 14.8 Å². The van der Waals surface area contributed by atoms with Crippen molar-refractivity contribution in [2.75, 3.05) is 0 Å². The summed E-state index contributed by atoms with van der Waals surface area (Å²) < 4.78 is 2.23. The molecule has 0 saturated heterocycles. The number of para-hydroxylation sites is 1. The molecule has 0 radical (unpaired) electrons. The van der Waals surface area contributed by atoms with Gasteiger partial charge in [-0.15, -0.1) is 10.2 Å². The van der Waals surface area contributed by atoms with Gasteiger partial charge in [0, 0.05) is 11.6 Å². The van der Waals surface area contributed by atoms with Gasteiger partial charge in [-0.1, -0.05) is 18.2 Å². The summed E-state index contributed by atoms with van der Waals surface area (Å²) >= 11 is 0. The molecule has 3 nitrogen and oxygen atoms in total. The summed E-state index contributed by atoms with van der Waals surface area (Å²) in [6, 6.07) is 10.6. The Balaban J connectivity index is 1.56. The van der Waals surface area contributed by atoms with Crippen LogP contribution >= 0.6 is 0 Å². The lowest BCUT2D eigenvalue weighted by Gasteiger charge is -2.54. The van der Waals surface area contributed by atoms with E-state index in [4.69, 9.17) is 0 Å². The van der Waals surface area contributed by atoms with Crippen LogP contribution in [0.1, 0.15) is 43.8 Å². The van der Waals surface area contributed by atoms with E-state index in [9.17, 15) is 0 Å². The average molecular weight is 279 g/mol. The Kier molecular flexibility index (Phi) is 2.52. The van der Waals surface area contributed by atoms with Crippen LogP contribution in [0.3, 0.4) is 0 Å². The largest absolute Gasteiger partial charge is 0.285 e. The van der Waals surface area contributed by atoms with Gasteiger partial charge in [0.05, 0.1) is 0 Å². The van der Waals surface area contributed by atoms with Crippen LogP contribution in [0.5, 0.6) is 0 Å². The molecule has 4 aliphatic rings. The Morgan fingerprint density at radius 3 is 2.19 bits per heavy atom. The second-order valence-electron chi connectivity index (χ2n) is 7.35. The second kappa shape index (κ2) is 4.43. The number of hydrogen-bond donors (Lipinski definition) is 0. The number of benzene rings is 1. The fraction of sp³-hybridized carbons (Fsp3) is 0.556. The van der Waals surface area contributed by atoms with E-state index in [0.29, 0.717) is 5.92 Å². The minimum absolute atomic E-state index is 0.639. The molecule has 108 valence electrons. The molecule has 1 heterocycles. The molecule has 3 heteroatoms. The molecule has 0 spiro atoms. The van der Waals surface area contributed by atoms with Crippen LogP contribution in [0.25, 0.3) is 5.69 Å². The predicted molar refractivity (Wildman–Crippen MR) is 81.1 cm³/mol. The second-order valence-corrected chi connectivity index (χ2v) is 7.35. The monoisotopic (exact) mass is 279 g/mol. The number of aromatic nitrogens is 3. The van der Waals surface area contributed by atoms with Crippen molar-refractivity contribution in [2.24, 2.45) is 23.7 Å². The average Bonchev–Trinajstić information content (AvgIpc) is 2.96. The molecule has 4 aliphatic carbocycles. The first-order valence-corrected chi connectivity index (χ1v) is 8.34. The maximum absolute atomic E-state index is 4.55. The third kappa shape index (κ3) is 1.79. The molecule has 0 N–H and O–H groups in total. The molecule has 4 saturated carbocycles. The normalized spacial score (nSPS) is 37.0. The van der Waals surface area contributed by atoms with Gasteiger partial charge in [-0.3, -0.25) is 4.57 Å². The van der Waals surface area contributed by atoms with Gasteiger partial charge in [-0.25, -0.2) is 0 Å². The molecule has 1 aromatic heterocycles. The Labute approximate surface area is 125 Å². The van der Waals surface area contributed by atoms with E-state index in [1.807, 2.05) is 6.33 Å². The van der Waals surface area contributed by atoms with Crippen molar-refractivity contribution < 1.29 is 0 Å². The topological polar surface area (TPSA) is 30.7 Å². The molecule has 0 unspecified atom stereocenters. The van der Waals surface area contributed by atoms with Crippen LogP contribution in [0.4, 0.5) is 0 Å². The zero-order chi connectivity index (χ0) is 13.8. The molecule has 6 rings (SSSR count). The van der Waals surface area contributed by atoms with Gasteiger partial charge in [0.1, 0.15) is 12.2 Å². The van der Waals surface area contributed by atoms with Crippen molar-refractivity contribution in [3.63, 3.8) is 0 Å². The molecule has 0 aliphatic heterocycles. The third-order valence-corrected chi connectivity index (χ3v) is 6.13. The van der Waals surface area contributed by atoms with Crippen molar-refractivity contribution >= 4 is 0 Å². The van der Waals surface area contributed by atoms with Crippen molar-refractivity contribution in [1.29, 1.82) is 0 Å². The summed E-state index contributed by atoms with van der Waals surface area (Å²) in [6.45, 7) is 0. The highest BCUT2D eigenvalue weighted by atomic mass is 15.3. The van der Waals surface area contributed by atoms with Crippen molar-refractivity contribution in [3.8, 4) is 5.69 Å². The zero-order valence-corrected chi connectivity index (χ0v) is 12.2. The van der Waals surface area contributed by atoms with Gasteiger partial charge in [-0.2, -0.15) is 0 Å². The summed E-state index contributed by atoms with van der Waals surface area (Å²) in [4.78, 5) is 0. The molecule has 0 atom stereocenters. The Bertz CT molecular complexity index is 617. The lowest BCUT2D eigenvalue weighted by atomic mass is 9.51. The molecule has 4 fully saturated rings. The van der Waals surface area contributed by atoms with Crippen LogP contribution in [0.15, 0.2) is 36.7 Å². The summed E-state index contributed by atoms with van der Waals surface area (Å²) in [7, 11) is 0. The minimum Gasteiger partial charge on any atom is -0.285 e. The lowest BCUT2D eigenvalue weighted by Crippen LogP contribution is -2.44. The number of hydrogen-bond acceptors (Lipinski definition) is 2. The van der Waals surface area contributed by atoms with Crippen LogP contribution < -0.4 is 0 Å². The molecule has 2 aromatic rings. The number of rotatable bonds is 2. The first kappa shape index (κ1) is 12.0. The SMILES string of the molecule is c1ccc(-n2cnnc2C2C3CC4CC(C3)CC2C4)cc1. The third-order valence-electron chi connectivity index (χ3n) is 6.13. The minimum atomic E-state index is 0.639. The molecule has 21 heavy (non-hydrogen) atoms. The van der Waals surface area contributed by atoms with Gasteiger partial charge >= 0.3 is 0 Å². The van der Waals surface area contributed by atoms with Gasteiger partial charge in [0.2, 0.25) is 0 Å². The first-order chi connectivity index (χ1) is 10.4. The fourth-order valence-electron chi connectivity index (χ4n) is 5.61. The van der Waals surface area contributed by atoms with E-state index in [1.54, 1.807) is 0 Å². The number of nitrogens with zero attached hydrogens (tertiary/aromatic N) is 3. The quantitative estimate of drug-likeness (QED) is 0.837. The van der Waals surface area contributed by atoms with Crippen molar-refractivity contribution in [2.45, 2.75) is 38.0 Å². The summed E-state index contributed by atoms with van der Waals surface area (Å²) in [5.74, 6) is 5.59. The zero-order valence-electron chi connectivity index (χ0n) is 12.2. The predicted octanol–water partition coefficient (Wildman–Crippen LogP) is 3.81. The molecule has 0 amide bonds. The highest BCUT2D eigenvalue weighted by Gasteiger charge is 2.50. The standard InChI is InChI=1S/C18H21N3/c1-2-4-16(5-3-1)21-11-19-20-18(21)17-14-7-12-6-13(9-14)10-15(17)8-12/h1-5,11-15,17H,6-10H2. The Morgan fingerprint density at radius 1 is 0.857 bits per heavy atom. The molecule has 1 aromatic carbocycles. The van der Waals surface area contributed by atoms with E-state index in [-0.39, 0.29) is 0 Å². The Morgan fingerprint density at radius 2 is 1.52 bits per heavy atom. The Hall–Kier alpha value is -1.64. The van der Waals surface area contributed by atoms with Gasteiger partial charge in [0.15, 0.2) is 0 Å². The van der Waals surface area contributed by atoms with Crippen LogP contribution in [0, 0.1) is 23.7 Å². The summed E-state index contributed by atoms with van der Waals surface area (Å²) in [6.07, 6.45) is 9.12. The van der Waals surface area contributed by atoms with Gasteiger partial charge in [0.25, 0.3) is 0 Å². The van der Waals surface area contributed by atoms with Gasteiger partial charge < -0.3 is 0 Å². The van der Waals surface area contributed by atoms with E-state index >= 15 is 0 Å². The van der Waals surface area contributed by atoms with E-state index < -0.39 is 0 Å². The summed E-state index contributed by atoms with van der Waals surface area (Å²) in [5.41, 5.74) is 1.20. The van der Waals surface area contributed by atoms with Crippen LogP contribution in [-0.4, -0.2) is 14.8 Å². The van der Waals surface area contributed by atoms with E-state index in [1.165, 1.54) is 43.6 Å². The fourth-order valence-corrected chi connectivity index (χ4v) is 5.61. The molecular formula is C18H21N3. The first-order valence-electron chi connectivity index (χ1n) is 8.34. The highest BCUT2D eigenvalue weighted by Crippen LogP contribution is 2.59. The lowest BCUT2D eigenvalue weighted by molar-refractivity contribution is -0.00621. The van der Waals surface area contributed by atoms with E-state index in [0.717, 1.165) is 23.7 Å². The van der Waals surface area contributed by atoms with Crippen LogP contribution in [0.2, 0.25) is 0 Å². The van der Waals surface area contributed by atoms with Crippen LogP contribution in [-0.2, 0) is 0 Å². The smallest absolute Gasteiger partial charge is 0.141 e. The van der Waals surface area contributed by atoms with E-state index in [2.05, 4.69) is 45.1 Å². The maximum Gasteiger partial charge on any atom is 0.141 e. The highest BCUT2D eigenvalue weighted by molar-refractivity contribution is 5.33. The molecular weight excluding hydrogens is 258 g/mol. The van der Waals surface area contributed by atoms with Crippen molar-refractivity contribution in [3.05, 3.63) is 42.5 Å². The summed E-state index contributed by atoms with van der Waals surface area (Å²) in [5, 5.41) is 8.80. The van der Waals surface area contributed by atoms with Gasteiger partial charge in [-0.05, 0) is 67.9 Å². The molecule has 4 bridgehead atoms. The maximum atomic E-state index is 4.55.